The third-order valence-corrected chi connectivity index (χ3v) is 2.90. The van der Waals surface area contributed by atoms with Gasteiger partial charge < -0.3 is 15.7 Å². The number of nitrogens with two attached hydrogens (primary N) is 1. The summed E-state index contributed by atoms with van der Waals surface area (Å²) in [6, 6.07) is 9.83. The smallest absolute Gasteiger partial charge is 0.323 e. The number of benzene rings is 2. The van der Waals surface area contributed by atoms with Crippen LogP contribution in [-0.2, 0) is 11.3 Å². The van der Waals surface area contributed by atoms with Gasteiger partial charge in [-0.1, -0.05) is 12.1 Å². The zero-order valence-corrected chi connectivity index (χ0v) is 11.1. The van der Waals surface area contributed by atoms with Crippen LogP contribution in [0, 0.1) is 11.6 Å². The van der Waals surface area contributed by atoms with Gasteiger partial charge in [0.25, 0.3) is 0 Å². The van der Waals surface area contributed by atoms with Crippen LogP contribution in [-0.4, -0.2) is 17.6 Å². The summed E-state index contributed by atoms with van der Waals surface area (Å²) in [5.74, 6) is -2.47. The van der Waals surface area contributed by atoms with Gasteiger partial charge in [0.2, 0.25) is 0 Å². The van der Waals surface area contributed by atoms with Crippen LogP contribution in [0.25, 0.3) is 0 Å². The molecule has 6 heteroatoms. The Hall–Kier alpha value is -2.63. The number of carbonyl (C=O) groups is 1. The van der Waals surface area contributed by atoms with Crippen LogP contribution >= 0.6 is 0 Å². The van der Waals surface area contributed by atoms with E-state index in [0.29, 0.717) is 16.9 Å². The Morgan fingerprint density at radius 3 is 2.33 bits per heavy atom. The van der Waals surface area contributed by atoms with Crippen LogP contribution in [0.4, 0.5) is 20.2 Å². The molecule has 0 fully saturated rings. The summed E-state index contributed by atoms with van der Waals surface area (Å²) in [7, 11) is 0. The van der Waals surface area contributed by atoms with Gasteiger partial charge >= 0.3 is 5.97 Å². The fraction of sp³-hybridized carbons (Fsp3) is 0.133. The molecule has 0 heterocycles. The Morgan fingerprint density at radius 2 is 1.76 bits per heavy atom. The molecule has 0 unspecified atom stereocenters. The van der Waals surface area contributed by atoms with Crippen LogP contribution in [0.15, 0.2) is 42.5 Å². The van der Waals surface area contributed by atoms with Gasteiger partial charge in [-0.05, 0) is 29.8 Å². The number of rotatable bonds is 5. The number of hydrogen-bond donors (Lipinski definition) is 2. The molecule has 2 aromatic carbocycles. The second kappa shape index (κ2) is 6.21. The lowest BCUT2D eigenvalue weighted by molar-refractivity contribution is -0.135. The SMILES string of the molecule is Nc1ccccc1N(CC(=O)O)Cc1cc(F)cc(F)c1. The normalized spacial score (nSPS) is 10.4. The molecule has 0 amide bonds. The molecule has 0 atom stereocenters. The molecule has 0 aliphatic rings. The van der Waals surface area contributed by atoms with Crippen molar-refractivity contribution in [3.05, 3.63) is 59.7 Å². The van der Waals surface area contributed by atoms with Crippen molar-refractivity contribution in [2.45, 2.75) is 6.54 Å². The molecule has 3 N–H and O–H groups in total. The fourth-order valence-electron chi connectivity index (χ4n) is 2.09. The maximum Gasteiger partial charge on any atom is 0.323 e. The lowest BCUT2D eigenvalue weighted by Gasteiger charge is -2.24. The van der Waals surface area contributed by atoms with Crippen molar-refractivity contribution in [2.24, 2.45) is 0 Å². The largest absolute Gasteiger partial charge is 0.480 e. The van der Waals surface area contributed by atoms with Gasteiger partial charge in [-0.3, -0.25) is 4.79 Å². The average molecular weight is 292 g/mol. The predicted octanol–water partition coefficient (Wildman–Crippen LogP) is 2.64. The molecule has 4 nitrogen and oxygen atoms in total. The molecule has 0 aliphatic heterocycles. The summed E-state index contributed by atoms with van der Waals surface area (Å²) in [6.07, 6.45) is 0. The van der Waals surface area contributed by atoms with E-state index in [-0.39, 0.29) is 13.1 Å². The maximum atomic E-state index is 13.2. The van der Waals surface area contributed by atoms with Crippen molar-refractivity contribution in [1.29, 1.82) is 0 Å². The van der Waals surface area contributed by atoms with Crippen LogP contribution in [0.3, 0.4) is 0 Å². The Kier molecular flexibility index (Phi) is 4.37. The molecule has 110 valence electrons. The van der Waals surface area contributed by atoms with Gasteiger partial charge in [0.05, 0.1) is 11.4 Å². The number of hydrogen-bond acceptors (Lipinski definition) is 3. The van der Waals surface area contributed by atoms with Crippen LogP contribution in [0.1, 0.15) is 5.56 Å². The van der Waals surface area contributed by atoms with Crippen LogP contribution in [0.2, 0.25) is 0 Å². The number of halogens is 2. The van der Waals surface area contributed by atoms with E-state index in [9.17, 15) is 13.6 Å². The van der Waals surface area contributed by atoms with E-state index in [4.69, 9.17) is 10.8 Å². The highest BCUT2D eigenvalue weighted by Gasteiger charge is 2.14. The van der Waals surface area contributed by atoms with Crippen molar-refractivity contribution in [3.63, 3.8) is 0 Å². The van der Waals surface area contributed by atoms with Gasteiger partial charge in [0, 0.05) is 12.6 Å². The van der Waals surface area contributed by atoms with Crippen LogP contribution < -0.4 is 10.6 Å². The average Bonchev–Trinajstić information content (AvgIpc) is 2.36. The molecule has 2 rings (SSSR count). The summed E-state index contributed by atoms with van der Waals surface area (Å²) >= 11 is 0. The van der Waals surface area contributed by atoms with E-state index in [1.54, 1.807) is 24.3 Å². The fourth-order valence-corrected chi connectivity index (χ4v) is 2.09. The molecule has 21 heavy (non-hydrogen) atoms. The van der Waals surface area contributed by atoms with Gasteiger partial charge in [-0.15, -0.1) is 0 Å². The van der Waals surface area contributed by atoms with E-state index in [2.05, 4.69) is 0 Å². The van der Waals surface area contributed by atoms with Crippen LogP contribution in [0.5, 0.6) is 0 Å². The monoisotopic (exact) mass is 292 g/mol. The van der Waals surface area contributed by atoms with Gasteiger partial charge in [0.1, 0.15) is 18.2 Å². The maximum absolute atomic E-state index is 13.2. The number of anilines is 2. The molecule has 0 spiro atoms. The minimum absolute atomic E-state index is 0.0369. The lowest BCUT2D eigenvalue weighted by Crippen LogP contribution is -2.29. The van der Waals surface area contributed by atoms with E-state index in [1.807, 2.05) is 0 Å². The first kappa shape index (κ1) is 14.8. The molecule has 0 aliphatic carbocycles. The number of carboxylic acids is 1. The summed E-state index contributed by atoms with van der Waals surface area (Å²) in [4.78, 5) is 12.4. The van der Waals surface area contributed by atoms with Crippen molar-refractivity contribution >= 4 is 17.3 Å². The predicted molar refractivity (Wildman–Crippen MR) is 75.9 cm³/mol. The number of aliphatic carboxylic acids is 1. The first-order valence-corrected chi connectivity index (χ1v) is 6.22. The van der Waals surface area contributed by atoms with Crippen molar-refractivity contribution in [1.82, 2.24) is 0 Å². The highest BCUT2D eigenvalue weighted by molar-refractivity contribution is 5.77. The number of para-hydroxylation sites is 2. The summed E-state index contributed by atoms with van der Waals surface area (Å²) in [5.41, 5.74) is 7.06. The van der Waals surface area contributed by atoms with Gasteiger partial charge in [-0.25, -0.2) is 8.78 Å². The molecule has 2 aromatic rings. The first-order valence-electron chi connectivity index (χ1n) is 6.22. The summed E-state index contributed by atoms with van der Waals surface area (Å²) < 4.78 is 26.4. The highest BCUT2D eigenvalue weighted by atomic mass is 19.1. The molecule has 0 radical (unpaired) electrons. The van der Waals surface area contributed by atoms with E-state index < -0.39 is 17.6 Å². The second-order valence-electron chi connectivity index (χ2n) is 4.59. The zero-order chi connectivity index (χ0) is 15.4. The first-order chi connectivity index (χ1) is 9.95. The summed E-state index contributed by atoms with van der Waals surface area (Å²) in [5, 5.41) is 8.99. The topological polar surface area (TPSA) is 66.6 Å². The van der Waals surface area contributed by atoms with Gasteiger partial charge in [-0.2, -0.15) is 0 Å². The summed E-state index contributed by atoms with van der Waals surface area (Å²) in [6.45, 7) is -0.290. The molecule has 0 saturated carbocycles. The Balaban J connectivity index is 2.32. The molecule has 0 aromatic heterocycles. The lowest BCUT2D eigenvalue weighted by atomic mass is 10.1. The van der Waals surface area contributed by atoms with E-state index in [0.717, 1.165) is 18.2 Å². The molecule has 0 saturated heterocycles. The Bertz CT molecular complexity index is 642. The minimum Gasteiger partial charge on any atom is -0.480 e. The molecular formula is C15H14F2N2O2. The number of carboxylic acid groups (broad SMARTS) is 1. The number of nitrogen functional groups attached to an aromatic ring is 1. The second-order valence-corrected chi connectivity index (χ2v) is 4.59. The third-order valence-electron chi connectivity index (χ3n) is 2.90. The Morgan fingerprint density at radius 1 is 1.14 bits per heavy atom. The third kappa shape index (κ3) is 3.92. The van der Waals surface area contributed by atoms with E-state index >= 15 is 0 Å². The van der Waals surface area contributed by atoms with Gasteiger partial charge in [0.15, 0.2) is 0 Å². The quantitative estimate of drug-likeness (QED) is 0.831. The van der Waals surface area contributed by atoms with Crippen molar-refractivity contribution in [3.8, 4) is 0 Å². The standard InChI is InChI=1S/C15H14F2N2O2/c16-11-5-10(6-12(17)7-11)8-19(9-15(20)21)14-4-2-1-3-13(14)18/h1-7H,8-9,18H2,(H,20,21). The molecular weight excluding hydrogens is 278 g/mol. The van der Waals surface area contributed by atoms with Crippen molar-refractivity contribution < 1.29 is 18.7 Å². The Labute approximate surface area is 120 Å². The zero-order valence-electron chi connectivity index (χ0n) is 11.1. The molecule has 0 bridgehead atoms. The minimum atomic E-state index is -1.06. The number of nitrogens with zero attached hydrogens (tertiary/aromatic N) is 1. The van der Waals surface area contributed by atoms with Crippen molar-refractivity contribution in [2.75, 3.05) is 17.2 Å². The van der Waals surface area contributed by atoms with E-state index in [1.165, 1.54) is 4.90 Å². The highest BCUT2D eigenvalue weighted by Crippen LogP contribution is 2.24.